The summed E-state index contributed by atoms with van der Waals surface area (Å²) < 4.78 is 28.3. The molecular weight excluding hydrogens is 270 g/mol. The van der Waals surface area contributed by atoms with Crippen LogP contribution in [0, 0.1) is 26.7 Å². The van der Waals surface area contributed by atoms with Gasteiger partial charge in [0.05, 0.1) is 4.90 Å². The van der Waals surface area contributed by atoms with Gasteiger partial charge in [-0.3, -0.25) is 0 Å². The Balaban J connectivity index is 2.31. The topological polar surface area (TPSA) is 46.2 Å². The summed E-state index contributed by atoms with van der Waals surface area (Å²) in [6.07, 6.45) is 4.38. The summed E-state index contributed by atoms with van der Waals surface area (Å²) in [6, 6.07) is 3.95. The van der Waals surface area contributed by atoms with E-state index in [2.05, 4.69) is 11.6 Å². The molecule has 112 valence electrons. The first-order valence-electron chi connectivity index (χ1n) is 7.41. The maximum absolute atomic E-state index is 12.7. The van der Waals surface area contributed by atoms with Crippen LogP contribution in [0.1, 0.15) is 49.3 Å². The number of sulfonamides is 1. The van der Waals surface area contributed by atoms with Crippen molar-refractivity contribution in [1.29, 1.82) is 0 Å². The third kappa shape index (κ3) is 3.23. The van der Waals surface area contributed by atoms with E-state index in [1.54, 1.807) is 0 Å². The summed E-state index contributed by atoms with van der Waals surface area (Å²) in [7, 11) is -3.42. The Morgan fingerprint density at radius 2 is 1.60 bits per heavy atom. The highest BCUT2D eigenvalue weighted by atomic mass is 32.2. The van der Waals surface area contributed by atoms with Crippen molar-refractivity contribution < 1.29 is 8.42 Å². The van der Waals surface area contributed by atoms with Crippen LogP contribution in [0.25, 0.3) is 0 Å². The van der Waals surface area contributed by atoms with E-state index in [0.29, 0.717) is 10.8 Å². The van der Waals surface area contributed by atoms with Crippen molar-refractivity contribution in [3.63, 3.8) is 0 Å². The van der Waals surface area contributed by atoms with Gasteiger partial charge in [-0.2, -0.15) is 0 Å². The van der Waals surface area contributed by atoms with Crippen LogP contribution in [0.15, 0.2) is 17.0 Å². The van der Waals surface area contributed by atoms with E-state index in [1.165, 1.54) is 6.42 Å². The lowest BCUT2D eigenvalue weighted by Gasteiger charge is -2.29. The zero-order valence-electron chi connectivity index (χ0n) is 12.9. The van der Waals surface area contributed by atoms with Crippen LogP contribution in [-0.2, 0) is 10.0 Å². The average Bonchev–Trinajstić information content (AvgIpc) is 2.30. The average molecular weight is 295 g/mol. The molecular formula is C16H25NO2S. The van der Waals surface area contributed by atoms with Gasteiger partial charge in [-0.1, -0.05) is 37.5 Å². The fraction of sp³-hybridized carbons (Fsp3) is 0.625. The molecule has 1 N–H and O–H groups in total. The van der Waals surface area contributed by atoms with E-state index in [-0.39, 0.29) is 6.04 Å². The van der Waals surface area contributed by atoms with Gasteiger partial charge in [-0.25, -0.2) is 13.1 Å². The van der Waals surface area contributed by atoms with Gasteiger partial charge in [-0.15, -0.1) is 0 Å². The minimum absolute atomic E-state index is 0.0776. The lowest BCUT2D eigenvalue weighted by molar-refractivity contribution is 0.310. The van der Waals surface area contributed by atoms with Gasteiger partial charge in [0, 0.05) is 6.04 Å². The third-order valence-electron chi connectivity index (χ3n) is 4.29. The Morgan fingerprint density at radius 1 is 1.05 bits per heavy atom. The summed E-state index contributed by atoms with van der Waals surface area (Å²) in [6.45, 7) is 7.88. The fourth-order valence-corrected chi connectivity index (χ4v) is 5.17. The number of hydrogen-bond acceptors (Lipinski definition) is 2. The van der Waals surface area contributed by atoms with Gasteiger partial charge in [0.2, 0.25) is 10.0 Å². The maximum Gasteiger partial charge on any atom is 0.241 e. The Morgan fingerprint density at radius 3 is 2.15 bits per heavy atom. The first kappa shape index (κ1) is 15.5. The molecule has 0 heterocycles. The molecule has 1 aliphatic carbocycles. The molecule has 0 amide bonds. The van der Waals surface area contributed by atoms with Gasteiger partial charge in [-0.05, 0) is 50.7 Å². The van der Waals surface area contributed by atoms with E-state index in [1.807, 2.05) is 32.9 Å². The summed E-state index contributed by atoms with van der Waals surface area (Å²) in [4.78, 5) is 0.459. The minimum Gasteiger partial charge on any atom is -0.208 e. The number of aryl methyl sites for hydroxylation is 3. The molecule has 1 fully saturated rings. The van der Waals surface area contributed by atoms with Gasteiger partial charge >= 0.3 is 0 Å². The van der Waals surface area contributed by atoms with Crippen LogP contribution in [0.4, 0.5) is 0 Å². The normalized spacial score (nSPS) is 23.8. The molecule has 3 nitrogen and oxygen atoms in total. The minimum atomic E-state index is -3.42. The molecule has 20 heavy (non-hydrogen) atoms. The third-order valence-corrected chi connectivity index (χ3v) is 6.09. The van der Waals surface area contributed by atoms with Crippen molar-refractivity contribution in [2.45, 2.75) is 64.3 Å². The summed E-state index contributed by atoms with van der Waals surface area (Å²) in [5.41, 5.74) is 2.77. The quantitative estimate of drug-likeness (QED) is 0.928. The van der Waals surface area contributed by atoms with Crippen molar-refractivity contribution in [2.24, 2.45) is 5.92 Å². The zero-order chi connectivity index (χ0) is 14.9. The van der Waals surface area contributed by atoms with Crippen LogP contribution >= 0.6 is 0 Å². The van der Waals surface area contributed by atoms with Crippen molar-refractivity contribution in [3.8, 4) is 0 Å². The molecule has 0 spiro atoms. The maximum atomic E-state index is 12.7. The predicted octanol–water partition coefficient (Wildman–Crippen LogP) is 3.47. The Hall–Kier alpha value is -0.870. The van der Waals surface area contributed by atoms with E-state index in [4.69, 9.17) is 0 Å². The Bertz CT molecular complexity index is 569. The lowest BCUT2D eigenvalue weighted by atomic mass is 9.87. The molecule has 0 aliphatic heterocycles. The molecule has 0 aromatic heterocycles. The van der Waals surface area contributed by atoms with Crippen molar-refractivity contribution in [1.82, 2.24) is 4.72 Å². The Kier molecular flexibility index (Phi) is 4.55. The number of nitrogens with one attached hydrogen (secondary N) is 1. The SMILES string of the molecule is Cc1cc(C)c(S(=O)(=O)N[C@H]2CCCC[C@H]2C)c(C)c1. The summed E-state index contributed by atoms with van der Waals surface area (Å²) >= 11 is 0. The van der Waals surface area contributed by atoms with Gasteiger partial charge < -0.3 is 0 Å². The highest BCUT2D eigenvalue weighted by Crippen LogP contribution is 2.27. The van der Waals surface area contributed by atoms with Crippen molar-refractivity contribution in [2.75, 3.05) is 0 Å². The molecule has 0 radical (unpaired) electrons. The molecule has 0 saturated heterocycles. The standard InChI is InChI=1S/C16H25NO2S/c1-11-9-13(3)16(14(4)10-11)20(18,19)17-15-8-6-5-7-12(15)2/h9-10,12,15,17H,5-8H2,1-4H3/t12-,15+/m1/s1. The lowest BCUT2D eigenvalue weighted by Crippen LogP contribution is -2.41. The first-order valence-corrected chi connectivity index (χ1v) is 8.90. The molecule has 1 aromatic carbocycles. The monoisotopic (exact) mass is 295 g/mol. The van der Waals surface area contributed by atoms with Crippen LogP contribution in [-0.4, -0.2) is 14.5 Å². The number of hydrogen-bond donors (Lipinski definition) is 1. The van der Waals surface area contributed by atoms with Crippen LogP contribution < -0.4 is 4.72 Å². The number of benzene rings is 1. The zero-order valence-corrected chi connectivity index (χ0v) is 13.7. The van der Waals surface area contributed by atoms with Crippen molar-refractivity contribution >= 4 is 10.0 Å². The fourth-order valence-electron chi connectivity index (χ4n) is 3.34. The molecule has 0 bridgehead atoms. The molecule has 1 saturated carbocycles. The largest absolute Gasteiger partial charge is 0.241 e. The van der Waals surface area contributed by atoms with E-state index in [9.17, 15) is 8.42 Å². The number of rotatable bonds is 3. The highest BCUT2D eigenvalue weighted by molar-refractivity contribution is 7.89. The summed E-state index contributed by atoms with van der Waals surface area (Å²) in [5, 5.41) is 0. The second-order valence-corrected chi connectivity index (χ2v) is 7.87. The Labute approximate surface area is 122 Å². The van der Waals surface area contributed by atoms with Gasteiger partial charge in [0.25, 0.3) is 0 Å². The van der Waals surface area contributed by atoms with Crippen LogP contribution in [0.3, 0.4) is 0 Å². The second-order valence-electron chi connectivity index (χ2n) is 6.22. The molecule has 2 atom stereocenters. The van der Waals surface area contributed by atoms with Gasteiger partial charge in [0.15, 0.2) is 0 Å². The summed E-state index contributed by atoms with van der Waals surface area (Å²) in [5.74, 6) is 0.421. The molecule has 4 heteroatoms. The molecule has 0 unspecified atom stereocenters. The van der Waals surface area contributed by atoms with Crippen molar-refractivity contribution in [3.05, 3.63) is 28.8 Å². The van der Waals surface area contributed by atoms with Crippen LogP contribution in [0.2, 0.25) is 0 Å². The second kappa shape index (κ2) is 5.86. The predicted molar refractivity (Wildman–Crippen MR) is 82.4 cm³/mol. The highest BCUT2D eigenvalue weighted by Gasteiger charge is 2.28. The van der Waals surface area contributed by atoms with Gasteiger partial charge in [0.1, 0.15) is 0 Å². The molecule has 2 rings (SSSR count). The van der Waals surface area contributed by atoms with Crippen LogP contribution in [0.5, 0.6) is 0 Å². The smallest absolute Gasteiger partial charge is 0.208 e. The van der Waals surface area contributed by atoms with E-state index < -0.39 is 10.0 Å². The van der Waals surface area contributed by atoms with E-state index in [0.717, 1.165) is 36.0 Å². The van der Waals surface area contributed by atoms with E-state index >= 15 is 0 Å². The molecule has 1 aromatic rings. The molecule has 1 aliphatic rings. The first-order chi connectivity index (χ1) is 9.31.